The van der Waals surface area contributed by atoms with Gasteiger partial charge in [0.1, 0.15) is 11.6 Å². The van der Waals surface area contributed by atoms with E-state index in [9.17, 15) is 36.7 Å². The summed E-state index contributed by atoms with van der Waals surface area (Å²) in [5.41, 5.74) is -1.82. The van der Waals surface area contributed by atoms with Gasteiger partial charge in [-0.25, -0.2) is 4.39 Å². The zero-order valence-electron chi connectivity index (χ0n) is 15.1. The van der Waals surface area contributed by atoms with Crippen molar-refractivity contribution in [2.24, 2.45) is 0 Å². The molecule has 1 heterocycles. The monoisotopic (exact) mass is 415 g/mol. The maximum Gasteiger partial charge on any atom is 0.429 e. The van der Waals surface area contributed by atoms with Crippen LogP contribution in [0, 0.1) is 17.1 Å². The van der Waals surface area contributed by atoms with Crippen LogP contribution in [-0.2, 0) is 19.0 Å². The molecule has 0 aliphatic carbocycles. The molecule has 1 N–H and O–H groups in total. The van der Waals surface area contributed by atoms with Crippen molar-refractivity contribution in [3.63, 3.8) is 0 Å². The summed E-state index contributed by atoms with van der Waals surface area (Å²) in [7, 11) is 0. The van der Waals surface area contributed by atoms with Crippen molar-refractivity contribution in [1.82, 2.24) is 0 Å². The molecular formula is C20H15F6NO2. The van der Waals surface area contributed by atoms with Gasteiger partial charge in [0.2, 0.25) is 0 Å². The lowest BCUT2D eigenvalue weighted by Crippen LogP contribution is -2.27. The number of nitriles is 1. The Balaban J connectivity index is 2.18. The minimum Gasteiger partial charge on any atom is -0.430 e. The third-order valence-corrected chi connectivity index (χ3v) is 4.73. The number of aliphatic hydroxyl groups excluding tert-OH is 1. The molecule has 0 aromatic heterocycles. The van der Waals surface area contributed by atoms with Gasteiger partial charge in [-0.2, -0.15) is 27.2 Å². The molecule has 0 spiro atoms. The third-order valence-electron chi connectivity index (χ3n) is 4.73. The zero-order valence-corrected chi connectivity index (χ0v) is 15.1. The molecule has 0 saturated carbocycles. The van der Waals surface area contributed by atoms with Crippen LogP contribution in [0.4, 0.5) is 26.3 Å². The summed E-state index contributed by atoms with van der Waals surface area (Å²) in [5, 5.41) is 19.1. The van der Waals surface area contributed by atoms with Gasteiger partial charge in [0.15, 0.2) is 6.10 Å². The van der Waals surface area contributed by atoms with Crippen LogP contribution in [0.25, 0.3) is 0 Å². The predicted molar refractivity (Wildman–Crippen MR) is 89.9 cm³/mol. The third kappa shape index (κ3) is 3.77. The Hall–Kier alpha value is -2.73. The van der Waals surface area contributed by atoms with E-state index in [1.807, 2.05) is 13.0 Å². The Morgan fingerprint density at radius 3 is 2.48 bits per heavy atom. The normalized spacial score (nSPS) is 17.6. The highest BCUT2D eigenvalue weighted by Crippen LogP contribution is 2.52. The second-order valence-electron chi connectivity index (χ2n) is 6.71. The summed E-state index contributed by atoms with van der Waals surface area (Å²) in [5.74, 6) is -1.42. The van der Waals surface area contributed by atoms with Crippen molar-refractivity contribution in [3.05, 3.63) is 63.5 Å². The molecule has 1 aliphatic heterocycles. The van der Waals surface area contributed by atoms with Gasteiger partial charge in [0.25, 0.3) is 0 Å². The number of nitrogens with zero attached hydrogens (tertiary/aromatic N) is 1. The number of hydrogen-bond acceptors (Lipinski definition) is 3. The molecule has 3 rings (SSSR count). The number of rotatable bonds is 4. The summed E-state index contributed by atoms with van der Waals surface area (Å²) in [6, 6.07) is 5.57. The molecule has 3 nitrogen and oxygen atoms in total. The van der Waals surface area contributed by atoms with Crippen LogP contribution < -0.4 is 4.74 Å². The van der Waals surface area contributed by atoms with E-state index in [0.29, 0.717) is 30.0 Å². The van der Waals surface area contributed by atoms with Gasteiger partial charge in [-0.05, 0) is 41.3 Å². The van der Waals surface area contributed by atoms with Crippen LogP contribution >= 0.6 is 0 Å². The summed E-state index contributed by atoms with van der Waals surface area (Å²) < 4.78 is 85.7. The van der Waals surface area contributed by atoms with Crippen molar-refractivity contribution in [2.75, 3.05) is 0 Å². The van der Waals surface area contributed by atoms with Crippen molar-refractivity contribution in [1.29, 1.82) is 5.26 Å². The Morgan fingerprint density at radius 1 is 1.21 bits per heavy atom. The molecule has 9 heteroatoms. The molecular weight excluding hydrogens is 400 g/mol. The van der Waals surface area contributed by atoms with Gasteiger partial charge in [-0.1, -0.05) is 19.4 Å². The first-order chi connectivity index (χ1) is 13.5. The lowest BCUT2D eigenvalue weighted by molar-refractivity contribution is -0.224. The molecule has 0 saturated heterocycles. The van der Waals surface area contributed by atoms with E-state index in [0.717, 1.165) is 12.1 Å². The van der Waals surface area contributed by atoms with Crippen molar-refractivity contribution >= 4 is 0 Å². The highest BCUT2D eigenvalue weighted by Gasteiger charge is 2.54. The Kier molecular flexibility index (Phi) is 5.26. The van der Waals surface area contributed by atoms with Crippen LogP contribution in [0.1, 0.15) is 52.8 Å². The van der Waals surface area contributed by atoms with E-state index in [4.69, 9.17) is 0 Å². The van der Waals surface area contributed by atoms with Crippen LogP contribution in [0.15, 0.2) is 24.3 Å². The molecule has 0 fully saturated rings. The van der Waals surface area contributed by atoms with E-state index in [1.165, 1.54) is 6.07 Å². The molecule has 2 aromatic rings. The average molecular weight is 415 g/mol. The fourth-order valence-electron chi connectivity index (χ4n) is 3.47. The SMILES string of the molecule is CCCc1cc(F)cc(C#N)c1Cc1ccc(C(F)(F)F)c2c1OC(F)(F)C2O. The number of halogens is 6. The Labute approximate surface area is 162 Å². The number of ether oxygens (including phenoxy) is 1. The van der Waals surface area contributed by atoms with E-state index >= 15 is 0 Å². The highest BCUT2D eigenvalue weighted by molar-refractivity contribution is 5.55. The minimum atomic E-state index is -4.98. The van der Waals surface area contributed by atoms with Crippen LogP contribution in [-0.4, -0.2) is 11.2 Å². The Morgan fingerprint density at radius 2 is 1.90 bits per heavy atom. The van der Waals surface area contributed by atoms with Gasteiger partial charge in [-0.15, -0.1) is 0 Å². The highest BCUT2D eigenvalue weighted by atomic mass is 19.4. The molecule has 0 amide bonds. The first kappa shape index (κ1) is 21.0. The largest absolute Gasteiger partial charge is 0.430 e. The van der Waals surface area contributed by atoms with E-state index in [1.54, 1.807) is 0 Å². The number of hydrogen-bond donors (Lipinski definition) is 1. The summed E-state index contributed by atoms with van der Waals surface area (Å²) in [6.07, 6.45) is -11.3. The van der Waals surface area contributed by atoms with Crippen LogP contribution in [0.3, 0.4) is 0 Å². The molecule has 1 aliphatic rings. The average Bonchev–Trinajstić information content (AvgIpc) is 2.86. The van der Waals surface area contributed by atoms with Gasteiger partial charge in [0.05, 0.1) is 17.2 Å². The lowest BCUT2D eigenvalue weighted by Gasteiger charge is -2.16. The Bertz CT molecular complexity index is 994. The van der Waals surface area contributed by atoms with Crippen LogP contribution in [0.5, 0.6) is 5.75 Å². The molecule has 1 unspecified atom stereocenters. The fourth-order valence-corrected chi connectivity index (χ4v) is 3.47. The maximum atomic E-state index is 13.9. The first-order valence-electron chi connectivity index (χ1n) is 8.68. The van der Waals surface area contributed by atoms with E-state index < -0.39 is 41.1 Å². The molecule has 0 bridgehead atoms. The van der Waals surface area contributed by atoms with Gasteiger partial charge < -0.3 is 9.84 Å². The van der Waals surface area contributed by atoms with Gasteiger partial charge >= 0.3 is 12.3 Å². The summed E-state index contributed by atoms with van der Waals surface area (Å²) in [6.45, 7) is 1.82. The number of fused-ring (bicyclic) bond motifs is 1. The standard InChI is InChI=1S/C20H15F6NO2/c1-2-3-10-6-13(21)7-12(9-27)14(10)8-11-4-5-15(19(22,23)24)16-17(11)29-20(25,26)18(16)28/h4-7,18,28H,2-3,8H2,1H3. The zero-order chi connectivity index (χ0) is 21.6. The number of aliphatic hydroxyl groups is 1. The van der Waals surface area contributed by atoms with E-state index in [2.05, 4.69) is 4.74 Å². The van der Waals surface area contributed by atoms with Crippen molar-refractivity contribution in [2.45, 2.75) is 44.6 Å². The van der Waals surface area contributed by atoms with Crippen molar-refractivity contribution < 1.29 is 36.2 Å². The maximum absolute atomic E-state index is 13.9. The first-order valence-corrected chi connectivity index (χ1v) is 8.68. The smallest absolute Gasteiger partial charge is 0.429 e. The summed E-state index contributed by atoms with van der Waals surface area (Å²) >= 11 is 0. The van der Waals surface area contributed by atoms with Crippen molar-refractivity contribution in [3.8, 4) is 11.8 Å². The molecule has 0 radical (unpaired) electrons. The van der Waals surface area contributed by atoms with Crippen LogP contribution in [0.2, 0.25) is 0 Å². The quantitative estimate of drug-likeness (QED) is 0.692. The molecule has 154 valence electrons. The minimum absolute atomic E-state index is 0.0487. The number of alkyl halides is 5. The summed E-state index contributed by atoms with van der Waals surface area (Å²) in [4.78, 5) is 0. The number of benzene rings is 2. The topological polar surface area (TPSA) is 53.2 Å². The predicted octanol–water partition coefficient (Wildman–Crippen LogP) is 5.28. The number of aryl methyl sites for hydroxylation is 1. The van der Waals surface area contributed by atoms with Gasteiger partial charge in [-0.3, -0.25) is 0 Å². The van der Waals surface area contributed by atoms with E-state index in [-0.39, 0.29) is 17.5 Å². The molecule has 29 heavy (non-hydrogen) atoms. The molecule has 1 atom stereocenters. The van der Waals surface area contributed by atoms with Gasteiger partial charge in [0, 0.05) is 12.0 Å². The molecule has 2 aromatic carbocycles. The lowest BCUT2D eigenvalue weighted by atomic mass is 9.90. The fraction of sp³-hybridized carbons (Fsp3) is 0.350. The second kappa shape index (κ2) is 7.26. The second-order valence-corrected chi connectivity index (χ2v) is 6.71.